The number of carbonyl (C=O) groups is 2. The minimum absolute atomic E-state index is 0.141. The van der Waals surface area contributed by atoms with Crippen molar-refractivity contribution >= 4 is 24.4 Å². The van der Waals surface area contributed by atoms with Crippen LogP contribution in [0.3, 0.4) is 0 Å². The Hall–Kier alpha value is -0.710. The lowest BCUT2D eigenvalue weighted by atomic mass is 10.3. The van der Waals surface area contributed by atoms with Gasteiger partial charge in [0, 0.05) is 19.2 Å². The first-order valence-corrected chi connectivity index (χ1v) is 4.40. The van der Waals surface area contributed by atoms with Crippen molar-refractivity contribution < 1.29 is 9.59 Å². The van der Waals surface area contributed by atoms with Gasteiger partial charge >= 0.3 is 0 Å². The predicted octanol–water partition coefficient (Wildman–Crippen LogP) is -0.443. The lowest BCUT2D eigenvalue weighted by Gasteiger charge is -2.13. The summed E-state index contributed by atoms with van der Waals surface area (Å²) >= 11 is 3.95. The lowest BCUT2D eigenvalue weighted by Crippen LogP contribution is -2.46. The number of likely N-dealkylation sites (N-methyl/N-ethyl adjacent to an activating group) is 1. The molecule has 12 heavy (non-hydrogen) atoms. The van der Waals surface area contributed by atoms with Crippen molar-refractivity contribution in [2.75, 3.05) is 12.8 Å². The fraction of sp³-hybridized carbons (Fsp3) is 0.714. The molecule has 0 aliphatic rings. The summed E-state index contributed by atoms with van der Waals surface area (Å²) in [6.45, 7) is 1.73. The van der Waals surface area contributed by atoms with E-state index in [2.05, 4.69) is 23.3 Å². The van der Waals surface area contributed by atoms with E-state index in [1.165, 1.54) is 7.05 Å². The summed E-state index contributed by atoms with van der Waals surface area (Å²) in [4.78, 5) is 21.9. The molecule has 0 spiro atoms. The zero-order valence-corrected chi connectivity index (χ0v) is 8.15. The molecule has 1 unspecified atom stereocenters. The molecule has 0 aromatic rings. The molecule has 0 aromatic carbocycles. The first-order chi connectivity index (χ1) is 5.65. The van der Waals surface area contributed by atoms with Crippen molar-refractivity contribution in [3.8, 4) is 0 Å². The summed E-state index contributed by atoms with van der Waals surface area (Å²) in [6.07, 6.45) is 0.376. The van der Waals surface area contributed by atoms with Gasteiger partial charge in [0.25, 0.3) is 0 Å². The topological polar surface area (TPSA) is 58.2 Å². The average Bonchev–Trinajstić information content (AvgIpc) is 2.12. The third-order valence-electron chi connectivity index (χ3n) is 1.40. The van der Waals surface area contributed by atoms with E-state index in [4.69, 9.17) is 0 Å². The molecule has 2 amide bonds. The maximum Gasteiger partial charge on any atom is 0.243 e. The molecule has 0 heterocycles. The van der Waals surface area contributed by atoms with Crippen molar-refractivity contribution in [3.63, 3.8) is 0 Å². The second kappa shape index (κ2) is 5.88. The number of hydrogen-bond acceptors (Lipinski definition) is 3. The van der Waals surface area contributed by atoms with Gasteiger partial charge in [0.15, 0.2) is 0 Å². The minimum Gasteiger partial charge on any atom is -0.357 e. The van der Waals surface area contributed by atoms with Gasteiger partial charge in [-0.3, -0.25) is 9.59 Å². The summed E-state index contributed by atoms with van der Waals surface area (Å²) in [7, 11) is 1.52. The summed E-state index contributed by atoms with van der Waals surface area (Å²) < 4.78 is 0. The second-order valence-electron chi connectivity index (χ2n) is 2.27. The van der Waals surface area contributed by atoms with E-state index in [-0.39, 0.29) is 11.8 Å². The first kappa shape index (κ1) is 11.3. The molecular formula is C7H14N2O2S. The molecule has 0 fully saturated rings. The molecular weight excluding hydrogens is 176 g/mol. The van der Waals surface area contributed by atoms with Crippen LogP contribution in [0.5, 0.6) is 0 Å². The maximum absolute atomic E-state index is 11.0. The summed E-state index contributed by atoms with van der Waals surface area (Å²) in [6, 6.07) is -0.522. The van der Waals surface area contributed by atoms with Crippen LogP contribution < -0.4 is 10.6 Å². The van der Waals surface area contributed by atoms with E-state index in [9.17, 15) is 9.59 Å². The highest BCUT2D eigenvalue weighted by Crippen LogP contribution is 1.89. The van der Waals surface area contributed by atoms with Crippen molar-refractivity contribution in [1.82, 2.24) is 10.6 Å². The van der Waals surface area contributed by atoms with Gasteiger partial charge in [0.2, 0.25) is 11.8 Å². The Labute approximate surface area is 77.5 Å². The third-order valence-corrected chi connectivity index (χ3v) is 1.77. The van der Waals surface area contributed by atoms with E-state index in [1.807, 2.05) is 0 Å². The molecule has 4 nitrogen and oxygen atoms in total. The van der Waals surface area contributed by atoms with Crippen LogP contribution in [-0.2, 0) is 9.59 Å². The minimum atomic E-state index is -0.522. The molecule has 5 heteroatoms. The molecule has 0 bridgehead atoms. The zero-order chi connectivity index (χ0) is 9.56. The molecule has 0 saturated heterocycles. The zero-order valence-electron chi connectivity index (χ0n) is 7.26. The molecule has 1 atom stereocenters. The van der Waals surface area contributed by atoms with Crippen molar-refractivity contribution in [3.05, 3.63) is 0 Å². The average molecular weight is 190 g/mol. The first-order valence-electron chi connectivity index (χ1n) is 3.77. The Morgan fingerprint density at radius 3 is 2.42 bits per heavy atom. The number of thiol groups is 1. The Bertz CT molecular complexity index is 173. The van der Waals surface area contributed by atoms with Gasteiger partial charge in [-0.05, 0) is 0 Å². The number of nitrogens with one attached hydrogen (secondary N) is 2. The van der Waals surface area contributed by atoms with Crippen LogP contribution in [0.1, 0.15) is 13.3 Å². The maximum atomic E-state index is 11.0. The highest BCUT2D eigenvalue weighted by atomic mass is 32.1. The molecule has 0 aliphatic carbocycles. The Kier molecular flexibility index (Phi) is 5.53. The molecule has 0 rings (SSSR count). The SMILES string of the molecule is CCC(=O)NC(CS)C(=O)NC. The van der Waals surface area contributed by atoms with Crippen LogP contribution >= 0.6 is 12.6 Å². The van der Waals surface area contributed by atoms with Crippen LogP contribution in [0.25, 0.3) is 0 Å². The second-order valence-corrected chi connectivity index (χ2v) is 2.64. The van der Waals surface area contributed by atoms with Crippen LogP contribution in [-0.4, -0.2) is 30.7 Å². The fourth-order valence-corrected chi connectivity index (χ4v) is 0.922. The molecule has 2 N–H and O–H groups in total. The molecule has 0 radical (unpaired) electrons. The third kappa shape index (κ3) is 3.61. The largest absolute Gasteiger partial charge is 0.357 e. The highest BCUT2D eigenvalue weighted by Gasteiger charge is 2.16. The van der Waals surface area contributed by atoms with E-state index < -0.39 is 6.04 Å². The van der Waals surface area contributed by atoms with Crippen molar-refractivity contribution in [2.24, 2.45) is 0 Å². The Balaban J connectivity index is 3.99. The number of hydrogen-bond donors (Lipinski definition) is 3. The van der Waals surface area contributed by atoms with Gasteiger partial charge in [-0.1, -0.05) is 6.92 Å². The van der Waals surface area contributed by atoms with Gasteiger partial charge in [-0.25, -0.2) is 0 Å². The van der Waals surface area contributed by atoms with Crippen molar-refractivity contribution in [1.29, 1.82) is 0 Å². The Morgan fingerprint density at radius 1 is 1.50 bits per heavy atom. The summed E-state index contributed by atoms with van der Waals surface area (Å²) in [5.74, 6) is -0.0461. The molecule has 0 saturated carbocycles. The van der Waals surface area contributed by atoms with Crippen molar-refractivity contribution in [2.45, 2.75) is 19.4 Å². The monoisotopic (exact) mass is 190 g/mol. The van der Waals surface area contributed by atoms with Crippen LogP contribution in [0.2, 0.25) is 0 Å². The fourth-order valence-electron chi connectivity index (χ4n) is 0.665. The van der Waals surface area contributed by atoms with Gasteiger partial charge in [-0.15, -0.1) is 0 Å². The quantitative estimate of drug-likeness (QED) is 0.526. The highest BCUT2D eigenvalue weighted by molar-refractivity contribution is 7.80. The van der Waals surface area contributed by atoms with Gasteiger partial charge in [0.1, 0.15) is 6.04 Å². The van der Waals surface area contributed by atoms with Gasteiger partial charge < -0.3 is 10.6 Å². The van der Waals surface area contributed by atoms with Crippen LogP contribution in [0.15, 0.2) is 0 Å². The number of rotatable bonds is 4. The predicted molar refractivity (Wildman–Crippen MR) is 50.1 cm³/mol. The number of amides is 2. The summed E-state index contributed by atoms with van der Waals surface area (Å²) in [5.41, 5.74) is 0. The van der Waals surface area contributed by atoms with Gasteiger partial charge in [0.05, 0.1) is 0 Å². The van der Waals surface area contributed by atoms with E-state index in [0.717, 1.165) is 0 Å². The molecule has 0 aromatic heterocycles. The van der Waals surface area contributed by atoms with Crippen LogP contribution in [0.4, 0.5) is 0 Å². The Morgan fingerprint density at radius 2 is 2.08 bits per heavy atom. The van der Waals surface area contributed by atoms with E-state index in [1.54, 1.807) is 6.92 Å². The smallest absolute Gasteiger partial charge is 0.243 e. The lowest BCUT2D eigenvalue weighted by molar-refractivity contribution is -0.128. The van der Waals surface area contributed by atoms with E-state index in [0.29, 0.717) is 12.2 Å². The molecule has 70 valence electrons. The molecule has 0 aliphatic heterocycles. The number of carbonyl (C=O) groups excluding carboxylic acids is 2. The van der Waals surface area contributed by atoms with Crippen LogP contribution in [0, 0.1) is 0 Å². The standard InChI is InChI=1S/C7H14N2O2S/c1-3-6(10)9-5(4-12)7(11)8-2/h5,12H,3-4H2,1-2H3,(H,8,11)(H,9,10). The van der Waals surface area contributed by atoms with E-state index >= 15 is 0 Å². The normalized spacial score (nSPS) is 11.9. The summed E-state index contributed by atoms with van der Waals surface area (Å²) in [5, 5.41) is 4.98. The van der Waals surface area contributed by atoms with Gasteiger partial charge in [-0.2, -0.15) is 12.6 Å².